The maximum absolute atomic E-state index is 13.4. The molecule has 2 heterocycles. The zero-order valence-corrected chi connectivity index (χ0v) is 17.4. The molecule has 0 saturated carbocycles. The summed E-state index contributed by atoms with van der Waals surface area (Å²) < 4.78 is 18.8. The molecule has 0 radical (unpaired) electrons. The lowest BCUT2D eigenvalue weighted by molar-refractivity contribution is -0.132. The number of urea groups is 1. The van der Waals surface area contributed by atoms with Crippen LogP contribution in [0.2, 0.25) is 0 Å². The van der Waals surface area contributed by atoms with Crippen LogP contribution in [0.4, 0.5) is 9.18 Å². The Balaban J connectivity index is 1.59. The average Bonchev–Trinajstić information content (AvgIpc) is 3.32. The minimum absolute atomic E-state index is 0.116. The second-order valence-corrected chi connectivity index (χ2v) is 7.72. The van der Waals surface area contributed by atoms with E-state index in [2.05, 4.69) is 15.5 Å². The second-order valence-electron chi connectivity index (χ2n) is 7.72. The number of hydrogen-bond acceptors (Lipinski definition) is 5. The maximum Gasteiger partial charge on any atom is 0.325 e. The first kappa shape index (κ1) is 20.7. The number of unbranched alkanes of at least 4 members (excludes halogenated alkanes) is 1. The van der Waals surface area contributed by atoms with Crippen molar-refractivity contribution in [1.82, 2.24) is 20.4 Å². The van der Waals surface area contributed by atoms with Crippen LogP contribution in [0.15, 0.2) is 53.1 Å². The van der Waals surface area contributed by atoms with Gasteiger partial charge in [-0.1, -0.05) is 54.8 Å². The summed E-state index contributed by atoms with van der Waals surface area (Å²) in [6.07, 6.45) is 1.98. The van der Waals surface area contributed by atoms with Gasteiger partial charge in [0.2, 0.25) is 0 Å². The third-order valence-electron chi connectivity index (χ3n) is 5.48. The van der Waals surface area contributed by atoms with Crippen LogP contribution in [0.25, 0.3) is 11.5 Å². The van der Waals surface area contributed by atoms with Gasteiger partial charge in [-0.3, -0.25) is 9.69 Å². The molecule has 0 aliphatic carbocycles. The molecule has 1 aliphatic rings. The highest BCUT2D eigenvalue weighted by atomic mass is 19.1. The first-order chi connectivity index (χ1) is 14.9. The quantitative estimate of drug-likeness (QED) is 0.573. The van der Waals surface area contributed by atoms with E-state index >= 15 is 0 Å². The summed E-state index contributed by atoms with van der Waals surface area (Å²) in [4.78, 5) is 31.6. The number of aryl methyl sites for hydroxylation is 1. The predicted molar refractivity (Wildman–Crippen MR) is 111 cm³/mol. The van der Waals surface area contributed by atoms with E-state index in [1.807, 2.05) is 38.1 Å². The van der Waals surface area contributed by atoms with Crippen LogP contribution in [-0.2, 0) is 16.9 Å². The molecule has 2 aromatic carbocycles. The first-order valence-corrected chi connectivity index (χ1v) is 10.2. The van der Waals surface area contributed by atoms with Gasteiger partial charge in [0.25, 0.3) is 11.8 Å². The van der Waals surface area contributed by atoms with Gasteiger partial charge >= 0.3 is 6.03 Å². The van der Waals surface area contributed by atoms with Gasteiger partial charge in [0.05, 0.1) is 6.54 Å². The maximum atomic E-state index is 13.4. The van der Waals surface area contributed by atoms with Gasteiger partial charge in [-0.25, -0.2) is 9.18 Å². The highest BCUT2D eigenvalue weighted by molar-refractivity contribution is 6.07. The van der Waals surface area contributed by atoms with Crippen molar-refractivity contribution < 1.29 is 18.5 Å². The first-order valence-electron chi connectivity index (χ1n) is 10.2. The minimum atomic E-state index is -1.23. The van der Waals surface area contributed by atoms with Crippen molar-refractivity contribution in [3.63, 3.8) is 0 Å². The number of rotatable bonds is 7. The van der Waals surface area contributed by atoms with Crippen molar-refractivity contribution in [2.75, 3.05) is 0 Å². The van der Waals surface area contributed by atoms with E-state index in [0.29, 0.717) is 17.9 Å². The van der Waals surface area contributed by atoms with Crippen LogP contribution < -0.4 is 5.32 Å². The molecule has 1 aliphatic heterocycles. The number of aromatic nitrogens is 2. The fourth-order valence-electron chi connectivity index (χ4n) is 3.73. The Morgan fingerprint density at radius 2 is 1.81 bits per heavy atom. The second kappa shape index (κ2) is 8.29. The van der Waals surface area contributed by atoms with Crippen LogP contribution in [0.1, 0.15) is 43.1 Å². The van der Waals surface area contributed by atoms with Crippen LogP contribution in [-0.4, -0.2) is 27.0 Å². The molecule has 31 heavy (non-hydrogen) atoms. The summed E-state index contributed by atoms with van der Waals surface area (Å²) in [6, 6.07) is 12.7. The molecule has 8 heteroatoms. The Hall–Kier alpha value is -3.55. The lowest BCUT2D eigenvalue weighted by atomic mass is 9.85. The zero-order chi connectivity index (χ0) is 22.0. The summed E-state index contributed by atoms with van der Waals surface area (Å²) in [6.45, 7) is 3.87. The highest BCUT2D eigenvalue weighted by Gasteiger charge is 2.52. The standard InChI is InChI=1S/C23H23FN4O3/c1-3-4-13-23(17-9-11-18(24)12-10-17)21(29)28(22(30)26-23)14-19-25-20(31-27-19)16-7-5-15(2)6-8-16/h5-12H,3-4,13-14H2,1-2H3,(H,26,30). The van der Waals surface area contributed by atoms with Crippen LogP contribution >= 0.6 is 0 Å². The molecule has 1 N–H and O–H groups in total. The Kier molecular flexibility index (Phi) is 5.54. The van der Waals surface area contributed by atoms with Gasteiger partial charge in [-0.2, -0.15) is 4.98 Å². The van der Waals surface area contributed by atoms with Crippen LogP contribution in [0, 0.1) is 12.7 Å². The van der Waals surface area contributed by atoms with Crippen molar-refractivity contribution in [3.8, 4) is 11.5 Å². The molecule has 3 amide bonds. The Bertz CT molecular complexity index is 1090. The van der Waals surface area contributed by atoms with Gasteiger partial charge in [0, 0.05) is 5.56 Å². The molecular weight excluding hydrogens is 399 g/mol. The molecule has 4 rings (SSSR count). The van der Waals surface area contributed by atoms with E-state index in [-0.39, 0.29) is 12.4 Å². The van der Waals surface area contributed by atoms with Gasteiger partial charge in [-0.05, 0) is 43.2 Å². The fraction of sp³-hybridized carbons (Fsp3) is 0.304. The summed E-state index contributed by atoms with van der Waals surface area (Å²) in [7, 11) is 0. The van der Waals surface area contributed by atoms with Crippen molar-refractivity contribution in [2.24, 2.45) is 0 Å². The molecule has 1 aromatic heterocycles. The summed E-state index contributed by atoms with van der Waals surface area (Å²) >= 11 is 0. The third-order valence-corrected chi connectivity index (χ3v) is 5.48. The molecule has 1 unspecified atom stereocenters. The summed E-state index contributed by atoms with van der Waals surface area (Å²) in [5.74, 6) is -0.264. The molecule has 0 spiro atoms. The number of nitrogens with one attached hydrogen (secondary N) is 1. The van der Waals surface area contributed by atoms with Crippen molar-refractivity contribution >= 4 is 11.9 Å². The lowest BCUT2D eigenvalue weighted by Crippen LogP contribution is -2.44. The molecule has 7 nitrogen and oxygen atoms in total. The average molecular weight is 422 g/mol. The molecule has 1 saturated heterocycles. The Morgan fingerprint density at radius 3 is 2.48 bits per heavy atom. The number of imide groups is 1. The fourth-order valence-corrected chi connectivity index (χ4v) is 3.73. The molecule has 0 bridgehead atoms. The summed E-state index contributed by atoms with van der Waals surface area (Å²) in [5.41, 5.74) is 1.18. The lowest BCUT2D eigenvalue weighted by Gasteiger charge is -2.27. The van der Waals surface area contributed by atoms with E-state index in [0.717, 1.165) is 28.9 Å². The topological polar surface area (TPSA) is 88.3 Å². The van der Waals surface area contributed by atoms with Crippen molar-refractivity contribution in [2.45, 2.75) is 45.2 Å². The number of amides is 3. The molecule has 1 atom stereocenters. The number of carbonyl (C=O) groups excluding carboxylic acids is 2. The SMILES string of the molecule is CCCCC1(c2ccc(F)cc2)NC(=O)N(Cc2noc(-c3ccc(C)cc3)n2)C1=O. The Morgan fingerprint density at radius 1 is 1.10 bits per heavy atom. The van der Waals surface area contributed by atoms with Crippen molar-refractivity contribution in [1.29, 1.82) is 0 Å². The largest absolute Gasteiger partial charge is 0.334 e. The van der Waals surface area contributed by atoms with Gasteiger partial charge in [-0.15, -0.1) is 0 Å². The van der Waals surface area contributed by atoms with E-state index < -0.39 is 23.3 Å². The number of nitrogens with zero attached hydrogens (tertiary/aromatic N) is 3. The van der Waals surface area contributed by atoms with Gasteiger partial charge < -0.3 is 9.84 Å². The molecule has 3 aromatic rings. The number of carbonyl (C=O) groups is 2. The monoisotopic (exact) mass is 422 g/mol. The van der Waals surface area contributed by atoms with Gasteiger partial charge in [0.1, 0.15) is 11.4 Å². The summed E-state index contributed by atoms with van der Waals surface area (Å²) in [5, 5.41) is 6.76. The molecular formula is C23H23FN4O3. The minimum Gasteiger partial charge on any atom is -0.334 e. The number of halogens is 1. The van der Waals surface area contributed by atoms with E-state index in [1.165, 1.54) is 24.3 Å². The van der Waals surface area contributed by atoms with Gasteiger partial charge in [0.15, 0.2) is 5.82 Å². The van der Waals surface area contributed by atoms with Crippen LogP contribution in [0.3, 0.4) is 0 Å². The smallest absolute Gasteiger partial charge is 0.325 e. The van der Waals surface area contributed by atoms with E-state index in [1.54, 1.807) is 0 Å². The van der Waals surface area contributed by atoms with E-state index in [9.17, 15) is 14.0 Å². The van der Waals surface area contributed by atoms with Crippen LogP contribution in [0.5, 0.6) is 0 Å². The number of benzene rings is 2. The third kappa shape index (κ3) is 3.93. The Labute approximate surface area is 179 Å². The molecule has 160 valence electrons. The van der Waals surface area contributed by atoms with Crippen molar-refractivity contribution in [3.05, 3.63) is 71.3 Å². The van der Waals surface area contributed by atoms with E-state index in [4.69, 9.17) is 4.52 Å². The zero-order valence-electron chi connectivity index (χ0n) is 17.4. The predicted octanol–water partition coefficient (Wildman–Crippen LogP) is 4.32. The normalized spacial score (nSPS) is 18.5. The molecule has 1 fully saturated rings. The highest BCUT2D eigenvalue weighted by Crippen LogP contribution is 2.35. The number of hydrogen-bond donors (Lipinski definition) is 1.